The third-order valence-corrected chi connectivity index (χ3v) is 9.93. The highest BCUT2D eigenvalue weighted by Gasteiger charge is 2.39. The Hall–Kier alpha value is -0.950. The molecule has 6 heteroatoms. The van der Waals surface area contributed by atoms with Crippen molar-refractivity contribution in [1.29, 1.82) is 0 Å². The molecule has 0 saturated carbocycles. The van der Waals surface area contributed by atoms with Crippen LogP contribution in [0.2, 0.25) is 0 Å². The molecule has 2 fully saturated rings. The van der Waals surface area contributed by atoms with Crippen molar-refractivity contribution >= 4 is 5.97 Å². The van der Waals surface area contributed by atoms with E-state index in [0.717, 1.165) is 64.2 Å². The highest BCUT2D eigenvalue weighted by molar-refractivity contribution is 5.90. The first-order valence-corrected chi connectivity index (χ1v) is 18.5. The average molecular weight is 607 g/mol. The Labute approximate surface area is 263 Å². The summed E-state index contributed by atoms with van der Waals surface area (Å²) >= 11 is 0. The average Bonchev–Trinajstić information content (AvgIpc) is 3.73. The number of cyclic esters (lactones) is 1. The lowest BCUT2D eigenvalue weighted by molar-refractivity contribution is -0.139. The molecule has 3 heterocycles. The van der Waals surface area contributed by atoms with Crippen molar-refractivity contribution in [2.24, 2.45) is 0 Å². The van der Waals surface area contributed by atoms with E-state index >= 15 is 0 Å². The number of esters is 1. The normalized spacial score (nSPS) is 27.0. The molecule has 0 aromatic heterocycles. The Balaban J connectivity index is 1.11. The maximum atomic E-state index is 11.7. The van der Waals surface area contributed by atoms with Gasteiger partial charge in [-0.05, 0) is 57.9 Å². The van der Waals surface area contributed by atoms with Crippen LogP contribution in [-0.2, 0) is 19.0 Å². The van der Waals surface area contributed by atoms with Gasteiger partial charge in [0.05, 0.1) is 36.6 Å². The first-order valence-electron chi connectivity index (χ1n) is 18.5. The number of aliphatic hydroxyl groups excluding tert-OH is 2. The first-order chi connectivity index (χ1) is 21.0. The first kappa shape index (κ1) is 36.5. The summed E-state index contributed by atoms with van der Waals surface area (Å²) in [4.78, 5) is 11.7. The Morgan fingerprint density at radius 3 is 1.91 bits per heavy atom. The van der Waals surface area contributed by atoms with Crippen molar-refractivity contribution in [2.75, 3.05) is 0 Å². The third kappa shape index (κ3) is 14.8. The number of hydrogen-bond acceptors (Lipinski definition) is 6. The van der Waals surface area contributed by atoms with Crippen molar-refractivity contribution in [3.63, 3.8) is 0 Å². The maximum absolute atomic E-state index is 11.7. The molecule has 0 aromatic rings. The molecule has 2 saturated heterocycles. The van der Waals surface area contributed by atoms with Gasteiger partial charge in [0.15, 0.2) is 0 Å². The number of unbranched alkanes of at least 4 members (excludes halogenated alkanes) is 15. The van der Waals surface area contributed by atoms with E-state index < -0.39 is 6.10 Å². The lowest BCUT2D eigenvalue weighted by Crippen LogP contribution is -2.31. The van der Waals surface area contributed by atoms with Gasteiger partial charge in [-0.25, -0.2) is 4.79 Å². The lowest BCUT2D eigenvalue weighted by Gasteiger charge is -2.23. The van der Waals surface area contributed by atoms with Gasteiger partial charge in [0.1, 0.15) is 6.10 Å². The monoisotopic (exact) mass is 606 g/mol. The van der Waals surface area contributed by atoms with Crippen LogP contribution in [0.5, 0.6) is 0 Å². The van der Waals surface area contributed by atoms with E-state index in [4.69, 9.17) is 14.2 Å². The van der Waals surface area contributed by atoms with Crippen LogP contribution in [-0.4, -0.2) is 58.9 Å². The fourth-order valence-electron chi connectivity index (χ4n) is 7.26. The summed E-state index contributed by atoms with van der Waals surface area (Å²) in [6.45, 7) is 4.12. The van der Waals surface area contributed by atoms with Crippen LogP contribution in [0.1, 0.15) is 174 Å². The van der Waals surface area contributed by atoms with Crippen LogP contribution >= 0.6 is 0 Å². The maximum Gasteiger partial charge on any atom is 0.334 e. The van der Waals surface area contributed by atoms with E-state index in [9.17, 15) is 15.0 Å². The van der Waals surface area contributed by atoms with E-state index in [2.05, 4.69) is 6.92 Å². The Kier molecular flexibility index (Phi) is 18.5. The van der Waals surface area contributed by atoms with Gasteiger partial charge in [0.25, 0.3) is 0 Å². The van der Waals surface area contributed by atoms with Gasteiger partial charge in [-0.2, -0.15) is 0 Å². The summed E-state index contributed by atoms with van der Waals surface area (Å²) in [6, 6.07) is 0. The molecule has 0 aliphatic carbocycles. The van der Waals surface area contributed by atoms with Crippen LogP contribution in [0.15, 0.2) is 11.6 Å². The molecule has 0 radical (unpaired) electrons. The minimum atomic E-state index is -0.445. The van der Waals surface area contributed by atoms with Gasteiger partial charge in [-0.1, -0.05) is 116 Å². The number of carbonyl (C=O) groups is 1. The molecular formula is C37H66O6. The highest BCUT2D eigenvalue weighted by Crippen LogP contribution is 2.34. The van der Waals surface area contributed by atoms with Crippen LogP contribution in [0, 0.1) is 0 Å². The van der Waals surface area contributed by atoms with Gasteiger partial charge < -0.3 is 24.4 Å². The summed E-state index contributed by atoms with van der Waals surface area (Å²) in [5.74, 6) is -0.268. The number of aliphatic hydroxyl groups is 2. The van der Waals surface area contributed by atoms with E-state index in [1.165, 1.54) is 89.9 Å². The zero-order valence-corrected chi connectivity index (χ0v) is 27.8. The molecule has 7 unspecified atom stereocenters. The molecule has 0 spiro atoms. The molecule has 43 heavy (non-hydrogen) atoms. The quantitative estimate of drug-likeness (QED) is 0.0797. The molecule has 3 aliphatic rings. The summed E-state index contributed by atoms with van der Waals surface area (Å²) in [5, 5.41) is 20.9. The lowest BCUT2D eigenvalue weighted by atomic mass is 10.0. The highest BCUT2D eigenvalue weighted by atomic mass is 16.6. The topological polar surface area (TPSA) is 85.2 Å². The Morgan fingerprint density at radius 2 is 1.28 bits per heavy atom. The molecule has 7 atom stereocenters. The van der Waals surface area contributed by atoms with Crippen molar-refractivity contribution in [3.8, 4) is 0 Å². The largest absolute Gasteiger partial charge is 0.455 e. The molecule has 3 aliphatic heterocycles. The molecule has 2 N–H and O–H groups in total. The fraction of sp³-hybridized carbons (Fsp3) is 0.919. The fourth-order valence-corrected chi connectivity index (χ4v) is 7.26. The molecule has 6 nitrogen and oxygen atoms in total. The van der Waals surface area contributed by atoms with Gasteiger partial charge in [-0.15, -0.1) is 0 Å². The zero-order valence-electron chi connectivity index (χ0n) is 27.8. The van der Waals surface area contributed by atoms with E-state index in [1.807, 2.05) is 13.0 Å². The Morgan fingerprint density at radius 1 is 0.721 bits per heavy atom. The van der Waals surface area contributed by atoms with Gasteiger partial charge in [0.2, 0.25) is 0 Å². The number of rotatable bonds is 25. The summed E-state index contributed by atoms with van der Waals surface area (Å²) in [6.07, 6.45) is 30.7. The minimum absolute atomic E-state index is 0.00166. The SMILES string of the molecule is CCCCCCCCCCCCC(O)C1CCC(C2CCC(CCCCCCCCCC(O)CC3=CC(C)OC3=O)O2)O1. The van der Waals surface area contributed by atoms with Gasteiger partial charge in [-0.3, -0.25) is 0 Å². The second-order valence-corrected chi connectivity index (χ2v) is 13.9. The molecular weight excluding hydrogens is 540 g/mol. The summed E-state index contributed by atoms with van der Waals surface area (Å²) < 4.78 is 17.9. The van der Waals surface area contributed by atoms with Crippen molar-refractivity contribution in [3.05, 3.63) is 11.6 Å². The van der Waals surface area contributed by atoms with Crippen LogP contribution in [0.4, 0.5) is 0 Å². The second kappa shape index (κ2) is 21.7. The van der Waals surface area contributed by atoms with E-state index in [1.54, 1.807) is 0 Å². The van der Waals surface area contributed by atoms with Crippen LogP contribution < -0.4 is 0 Å². The zero-order chi connectivity index (χ0) is 30.7. The third-order valence-electron chi connectivity index (χ3n) is 9.93. The van der Waals surface area contributed by atoms with Crippen LogP contribution in [0.25, 0.3) is 0 Å². The predicted octanol–water partition coefficient (Wildman–Crippen LogP) is 8.89. The molecule has 0 amide bonds. The van der Waals surface area contributed by atoms with Crippen LogP contribution in [0.3, 0.4) is 0 Å². The standard InChI is InChI=1S/C37H66O6/c1-3-4-5-6-7-8-9-13-16-19-22-33(39)34-25-26-36(43-34)35-24-23-32(42-35)21-18-15-12-10-11-14-17-20-31(38)28-30-27-29(2)41-37(30)40/h27,29,31-36,38-39H,3-26,28H2,1-2H3. The van der Waals surface area contributed by atoms with Crippen molar-refractivity contribution < 1.29 is 29.2 Å². The molecule has 250 valence electrons. The number of hydrogen-bond donors (Lipinski definition) is 2. The summed E-state index contributed by atoms with van der Waals surface area (Å²) in [5.41, 5.74) is 0.631. The smallest absolute Gasteiger partial charge is 0.334 e. The van der Waals surface area contributed by atoms with Gasteiger partial charge in [0, 0.05) is 12.0 Å². The van der Waals surface area contributed by atoms with Gasteiger partial charge >= 0.3 is 5.97 Å². The van der Waals surface area contributed by atoms with Crippen molar-refractivity contribution in [1.82, 2.24) is 0 Å². The molecule has 0 bridgehead atoms. The Bertz CT molecular complexity index is 768. The minimum Gasteiger partial charge on any atom is -0.455 e. The number of carbonyl (C=O) groups excluding carboxylic acids is 1. The second-order valence-electron chi connectivity index (χ2n) is 13.9. The van der Waals surface area contributed by atoms with E-state index in [-0.39, 0.29) is 36.5 Å². The summed E-state index contributed by atoms with van der Waals surface area (Å²) in [7, 11) is 0. The van der Waals surface area contributed by atoms with E-state index in [0.29, 0.717) is 18.1 Å². The number of ether oxygens (including phenoxy) is 3. The molecule has 3 rings (SSSR count). The van der Waals surface area contributed by atoms with Crippen molar-refractivity contribution in [2.45, 2.75) is 217 Å². The predicted molar refractivity (Wildman–Crippen MR) is 174 cm³/mol. The molecule has 0 aromatic carbocycles.